The molecule has 0 aliphatic heterocycles. The lowest BCUT2D eigenvalue weighted by Gasteiger charge is -2.34. The third-order valence-corrected chi connectivity index (χ3v) is 4.21. The Morgan fingerprint density at radius 1 is 1.12 bits per heavy atom. The summed E-state index contributed by atoms with van der Waals surface area (Å²) in [6.45, 7) is 12.2. The van der Waals surface area contributed by atoms with E-state index in [2.05, 4.69) is 32.7 Å². The summed E-state index contributed by atoms with van der Waals surface area (Å²) in [5.41, 5.74) is 0.604. The molecule has 1 atom stereocenters. The van der Waals surface area contributed by atoms with Gasteiger partial charge in [0.05, 0.1) is 0 Å². The predicted molar refractivity (Wildman–Crippen MR) is 72.7 cm³/mol. The minimum absolute atomic E-state index is 0.00323. The average Bonchev–Trinajstić information content (AvgIpc) is 2.28. The Balaban J connectivity index is 2.38. The molecule has 1 aliphatic rings. The Labute approximate surface area is 106 Å². The van der Waals surface area contributed by atoms with Crippen LogP contribution in [0, 0.1) is 17.8 Å². The van der Waals surface area contributed by atoms with Gasteiger partial charge in [-0.25, -0.2) is 0 Å². The summed E-state index contributed by atoms with van der Waals surface area (Å²) in [4.78, 5) is 11.6. The highest BCUT2D eigenvalue weighted by molar-refractivity contribution is 5.92. The van der Waals surface area contributed by atoms with Crippen molar-refractivity contribution >= 4 is 5.91 Å². The molecule has 0 heterocycles. The molecule has 1 N–H and O–H groups in total. The van der Waals surface area contributed by atoms with Crippen LogP contribution in [0.5, 0.6) is 0 Å². The zero-order valence-corrected chi connectivity index (χ0v) is 11.8. The van der Waals surface area contributed by atoms with E-state index in [-0.39, 0.29) is 11.9 Å². The van der Waals surface area contributed by atoms with Crippen LogP contribution in [0.1, 0.15) is 53.4 Å². The third kappa shape index (κ3) is 4.18. The van der Waals surface area contributed by atoms with Gasteiger partial charge in [0, 0.05) is 11.6 Å². The molecular weight excluding hydrogens is 210 g/mol. The smallest absolute Gasteiger partial charge is 0.246 e. The fourth-order valence-electron chi connectivity index (χ4n) is 2.76. The van der Waals surface area contributed by atoms with Crippen LogP contribution in [0.15, 0.2) is 12.2 Å². The van der Waals surface area contributed by atoms with Gasteiger partial charge in [0.1, 0.15) is 0 Å². The van der Waals surface area contributed by atoms with Gasteiger partial charge in [-0.2, -0.15) is 0 Å². The normalized spacial score (nSPS) is 26.6. The molecular formula is C15H27NO. The number of carbonyl (C=O) groups is 1. The molecule has 0 saturated heterocycles. The highest BCUT2D eigenvalue weighted by atomic mass is 16.1. The van der Waals surface area contributed by atoms with E-state index in [9.17, 15) is 4.79 Å². The molecule has 1 fully saturated rings. The summed E-state index contributed by atoms with van der Waals surface area (Å²) in [5, 5.41) is 3.05. The molecule has 1 aliphatic carbocycles. The number of hydrogen-bond donors (Lipinski definition) is 1. The van der Waals surface area contributed by atoms with Crippen LogP contribution in [-0.2, 0) is 4.79 Å². The van der Waals surface area contributed by atoms with E-state index in [1.807, 2.05) is 0 Å². The van der Waals surface area contributed by atoms with Gasteiger partial charge < -0.3 is 5.32 Å². The molecule has 1 saturated carbocycles. The van der Waals surface area contributed by atoms with Crippen molar-refractivity contribution in [3.63, 3.8) is 0 Å². The average molecular weight is 237 g/mol. The lowest BCUT2D eigenvalue weighted by Crippen LogP contribution is -2.40. The molecule has 1 amide bonds. The lowest BCUT2D eigenvalue weighted by atomic mass is 9.75. The molecule has 1 unspecified atom stereocenters. The molecule has 0 radical (unpaired) electrons. The van der Waals surface area contributed by atoms with Gasteiger partial charge >= 0.3 is 0 Å². The van der Waals surface area contributed by atoms with Crippen LogP contribution in [0.4, 0.5) is 0 Å². The largest absolute Gasteiger partial charge is 0.350 e. The Bertz CT molecular complexity index is 275. The molecule has 0 bridgehead atoms. The Kier molecular flexibility index (Phi) is 5.23. The van der Waals surface area contributed by atoms with Crippen LogP contribution < -0.4 is 5.32 Å². The Hall–Kier alpha value is -0.790. The quantitative estimate of drug-likeness (QED) is 0.745. The van der Waals surface area contributed by atoms with E-state index >= 15 is 0 Å². The SMILES string of the molecule is C=C(C)C(=O)NC(C)C1CCC(C(C)C)CC1. The predicted octanol–water partition coefficient (Wildman–Crippen LogP) is 3.53. The van der Waals surface area contributed by atoms with Crippen molar-refractivity contribution < 1.29 is 4.79 Å². The second-order valence-electron chi connectivity index (χ2n) is 5.96. The van der Waals surface area contributed by atoms with Crippen molar-refractivity contribution in [2.45, 2.75) is 59.4 Å². The fraction of sp³-hybridized carbons (Fsp3) is 0.800. The first kappa shape index (κ1) is 14.3. The van der Waals surface area contributed by atoms with Gasteiger partial charge in [0.15, 0.2) is 0 Å². The monoisotopic (exact) mass is 237 g/mol. The minimum atomic E-state index is 0.00323. The van der Waals surface area contributed by atoms with Gasteiger partial charge in [0.25, 0.3) is 0 Å². The van der Waals surface area contributed by atoms with Crippen molar-refractivity contribution in [3.05, 3.63) is 12.2 Å². The van der Waals surface area contributed by atoms with E-state index in [4.69, 9.17) is 0 Å². The summed E-state index contributed by atoms with van der Waals surface area (Å²) in [6.07, 6.45) is 5.13. The van der Waals surface area contributed by atoms with Crippen molar-refractivity contribution in [2.24, 2.45) is 17.8 Å². The van der Waals surface area contributed by atoms with Gasteiger partial charge in [-0.1, -0.05) is 20.4 Å². The topological polar surface area (TPSA) is 29.1 Å². The molecule has 2 nitrogen and oxygen atoms in total. The maximum Gasteiger partial charge on any atom is 0.246 e. The Morgan fingerprint density at radius 3 is 2.00 bits per heavy atom. The molecule has 0 aromatic heterocycles. The van der Waals surface area contributed by atoms with Gasteiger partial charge in [-0.15, -0.1) is 0 Å². The molecule has 2 heteroatoms. The number of hydrogen-bond acceptors (Lipinski definition) is 1. The van der Waals surface area contributed by atoms with Gasteiger partial charge in [-0.3, -0.25) is 4.79 Å². The number of rotatable bonds is 4. The van der Waals surface area contributed by atoms with E-state index in [1.165, 1.54) is 25.7 Å². The first-order chi connectivity index (χ1) is 7.91. The molecule has 98 valence electrons. The van der Waals surface area contributed by atoms with E-state index < -0.39 is 0 Å². The summed E-state index contributed by atoms with van der Waals surface area (Å²) in [6, 6.07) is 0.285. The van der Waals surface area contributed by atoms with Crippen LogP contribution >= 0.6 is 0 Å². The van der Waals surface area contributed by atoms with Crippen molar-refractivity contribution in [3.8, 4) is 0 Å². The van der Waals surface area contributed by atoms with Gasteiger partial charge in [-0.05, 0) is 57.3 Å². The molecule has 17 heavy (non-hydrogen) atoms. The van der Waals surface area contributed by atoms with Crippen LogP contribution in [0.25, 0.3) is 0 Å². The third-order valence-electron chi connectivity index (χ3n) is 4.21. The first-order valence-electron chi connectivity index (χ1n) is 6.88. The number of nitrogens with one attached hydrogen (secondary N) is 1. The van der Waals surface area contributed by atoms with E-state index in [1.54, 1.807) is 6.92 Å². The summed E-state index contributed by atoms with van der Waals surface area (Å²) >= 11 is 0. The minimum Gasteiger partial charge on any atom is -0.350 e. The van der Waals surface area contributed by atoms with Crippen molar-refractivity contribution in [1.29, 1.82) is 0 Å². The molecule has 0 spiro atoms. The summed E-state index contributed by atoms with van der Waals surface area (Å²) in [5.74, 6) is 2.34. The molecule has 0 aromatic rings. The zero-order chi connectivity index (χ0) is 13.0. The highest BCUT2D eigenvalue weighted by Crippen LogP contribution is 2.34. The van der Waals surface area contributed by atoms with Crippen LogP contribution in [-0.4, -0.2) is 11.9 Å². The second-order valence-corrected chi connectivity index (χ2v) is 5.96. The maximum atomic E-state index is 11.6. The summed E-state index contributed by atoms with van der Waals surface area (Å²) in [7, 11) is 0. The van der Waals surface area contributed by atoms with E-state index in [0.717, 1.165) is 11.8 Å². The molecule has 1 rings (SSSR count). The fourth-order valence-corrected chi connectivity index (χ4v) is 2.76. The van der Waals surface area contributed by atoms with Crippen LogP contribution in [0.2, 0.25) is 0 Å². The highest BCUT2D eigenvalue weighted by Gasteiger charge is 2.27. The maximum absolute atomic E-state index is 11.6. The van der Waals surface area contributed by atoms with Crippen molar-refractivity contribution in [2.75, 3.05) is 0 Å². The van der Waals surface area contributed by atoms with Crippen LogP contribution in [0.3, 0.4) is 0 Å². The zero-order valence-electron chi connectivity index (χ0n) is 11.8. The first-order valence-corrected chi connectivity index (χ1v) is 6.88. The standard InChI is InChI=1S/C15H27NO/c1-10(2)13-6-8-14(9-7-13)12(5)16-15(17)11(3)4/h10,12-14H,3,6-9H2,1-2,4-5H3,(H,16,17). The lowest BCUT2D eigenvalue weighted by molar-refractivity contribution is -0.118. The Morgan fingerprint density at radius 2 is 1.59 bits per heavy atom. The molecule has 0 aromatic carbocycles. The summed E-state index contributed by atoms with van der Waals surface area (Å²) < 4.78 is 0. The number of carbonyl (C=O) groups excluding carboxylic acids is 1. The van der Waals surface area contributed by atoms with Gasteiger partial charge in [0.2, 0.25) is 5.91 Å². The second kappa shape index (κ2) is 6.23. The van der Waals surface area contributed by atoms with E-state index in [0.29, 0.717) is 11.5 Å². The number of amides is 1. The van der Waals surface area contributed by atoms with Crippen molar-refractivity contribution in [1.82, 2.24) is 5.32 Å².